The Labute approximate surface area is 239 Å². The van der Waals surface area contributed by atoms with Crippen molar-refractivity contribution in [2.24, 2.45) is 52.3 Å². The largest absolute Gasteiger partial charge is 0.396 e. The molecular weight excluding hydrogens is 484 g/mol. The van der Waals surface area contributed by atoms with Crippen molar-refractivity contribution < 1.29 is 19.7 Å². The zero-order chi connectivity index (χ0) is 27.8. The maximum absolute atomic E-state index is 9.65. The van der Waals surface area contributed by atoms with Crippen molar-refractivity contribution in [2.45, 2.75) is 130 Å². The van der Waals surface area contributed by atoms with E-state index in [2.05, 4.69) is 40.7 Å². The van der Waals surface area contributed by atoms with E-state index in [4.69, 9.17) is 9.47 Å². The number of fused-ring (bicyclic) bond motifs is 5. The van der Waals surface area contributed by atoms with E-state index in [1.807, 2.05) is 12.2 Å². The zero-order valence-corrected chi connectivity index (χ0v) is 25.6. The second kappa shape index (κ2) is 12.3. The van der Waals surface area contributed by atoms with Crippen molar-refractivity contribution in [2.75, 3.05) is 13.2 Å². The fourth-order valence-electron chi connectivity index (χ4n) is 10.3. The summed E-state index contributed by atoms with van der Waals surface area (Å²) in [7, 11) is 0. The molecule has 1 heterocycles. The van der Waals surface area contributed by atoms with Crippen LogP contribution >= 0.6 is 0 Å². The van der Waals surface area contributed by atoms with Crippen molar-refractivity contribution in [3.05, 3.63) is 23.8 Å². The maximum Gasteiger partial charge on any atom is 0.177 e. The fourth-order valence-corrected chi connectivity index (χ4v) is 10.3. The Bertz CT molecular complexity index is 880. The minimum absolute atomic E-state index is 0.0446. The van der Waals surface area contributed by atoms with Crippen molar-refractivity contribution in [3.63, 3.8) is 0 Å². The Morgan fingerprint density at radius 3 is 2.56 bits per heavy atom. The Morgan fingerprint density at radius 2 is 1.82 bits per heavy atom. The Kier molecular flexibility index (Phi) is 9.38. The van der Waals surface area contributed by atoms with Crippen LogP contribution in [-0.2, 0) is 9.47 Å². The molecule has 4 heteroatoms. The van der Waals surface area contributed by atoms with E-state index in [9.17, 15) is 10.2 Å². The molecule has 4 nitrogen and oxygen atoms in total. The lowest BCUT2D eigenvalue weighted by Crippen LogP contribution is -2.51. The molecule has 39 heavy (non-hydrogen) atoms. The fraction of sp³-hybridized carbons (Fsp3) is 0.886. The molecule has 3 saturated carbocycles. The van der Waals surface area contributed by atoms with E-state index in [0.717, 1.165) is 48.3 Å². The van der Waals surface area contributed by atoms with Gasteiger partial charge in [-0.3, -0.25) is 0 Å². The summed E-state index contributed by atoms with van der Waals surface area (Å²) in [5, 5.41) is 19.1. The number of rotatable bonds is 10. The molecule has 11 atom stereocenters. The molecule has 5 aliphatic rings. The van der Waals surface area contributed by atoms with Crippen LogP contribution in [0.1, 0.15) is 112 Å². The van der Waals surface area contributed by atoms with Crippen LogP contribution in [0, 0.1) is 52.3 Å². The van der Waals surface area contributed by atoms with Gasteiger partial charge in [0.15, 0.2) is 6.29 Å². The molecule has 0 aromatic carbocycles. The lowest BCUT2D eigenvalue weighted by Gasteiger charge is -2.58. The van der Waals surface area contributed by atoms with E-state index < -0.39 is 0 Å². The number of hydrogen-bond acceptors (Lipinski definition) is 4. The van der Waals surface area contributed by atoms with Gasteiger partial charge in [-0.15, -0.1) is 0 Å². The van der Waals surface area contributed by atoms with Crippen LogP contribution in [0.25, 0.3) is 0 Å². The number of aliphatic hydroxyl groups is 2. The van der Waals surface area contributed by atoms with Gasteiger partial charge in [0.05, 0.1) is 18.8 Å². The third kappa shape index (κ3) is 5.84. The molecule has 4 aliphatic carbocycles. The lowest BCUT2D eigenvalue weighted by molar-refractivity contribution is -0.194. The standard InChI is InChI=1S/C35H58O4/c1-23(2)7-6-8-24(3)29-12-13-30-28-11-10-26-21-27(15-18-34(26,4)31(28)16-19-35(29,30)5)38-33-14-9-25(22-37)32(39-33)17-20-36/h9-10,14,23-25,27-33,36-37H,6-8,11-13,15-22H2,1-5H3/t24?,25-,27+,28?,29-,30?,31?,32-,33?,34+,35-/m1/s1. The Hall–Kier alpha value is -0.680. The molecule has 5 rings (SSSR count). The van der Waals surface area contributed by atoms with E-state index in [1.165, 1.54) is 57.8 Å². The van der Waals surface area contributed by atoms with Crippen molar-refractivity contribution in [1.82, 2.24) is 0 Å². The summed E-state index contributed by atoms with van der Waals surface area (Å²) in [5.41, 5.74) is 2.53. The first-order chi connectivity index (χ1) is 18.7. The monoisotopic (exact) mass is 542 g/mol. The number of allylic oxidation sites excluding steroid dienone is 1. The van der Waals surface area contributed by atoms with Crippen molar-refractivity contribution >= 4 is 0 Å². The SMILES string of the molecule is CC(C)CCCC(C)[C@H]1CCC2C3CC=C4C[C@@H](OC5C=C[C@H](CO)[C@@H](CCO)O5)CC[C@]4(C)C3CC[C@@]21C. The van der Waals surface area contributed by atoms with Crippen molar-refractivity contribution in [1.29, 1.82) is 0 Å². The summed E-state index contributed by atoms with van der Waals surface area (Å²) in [6.07, 6.45) is 21.4. The molecule has 0 bridgehead atoms. The van der Waals surface area contributed by atoms with E-state index >= 15 is 0 Å². The Morgan fingerprint density at radius 1 is 1.00 bits per heavy atom. The highest BCUT2D eigenvalue weighted by atomic mass is 16.7. The number of aliphatic hydroxyl groups excluding tert-OH is 2. The highest BCUT2D eigenvalue weighted by Crippen LogP contribution is 2.67. The zero-order valence-electron chi connectivity index (χ0n) is 25.6. The Balaban J connectivity index is 1.22. The quantitative estimate of drug-likeness (QED) is 0.278. The van der Waals surface area contributed by atoms with Crippen LogP contribution in [0.15, 0.2) is 23.8 Å². The highest BCUT2D eigenvalue weighted by Gasteiger charge is 2.59. The normalized spacial score (nSPS) is 44.5. The van der Waals surface area contributed by atoms with Crippen LogP contribution in [0.3, 0.4) is 0 Å². The third-order valence-corrected chi connectivity index (χ3v) is 12.5. The molecule has 0 aromatic rings. The van der Waals surface area contributed by atoms with Gasteiger partial charge in [-0.2, -0.15) is 0 Å². The van der Waals surface area contributed by atoms with Gasteiger partial charge >= 0.3 is 0 Å². The van der Waals surface area contributed by atoms with Crippen LogP contribution in [0.5, 0.6) is 0 Å². The minimum atomic E-state index is -0.371. The third-order valence-electron chi connectivity index (χ3n) is 12.5. The molecular formula is C35H58O4. The van der Waals surface area contributed by atoms with Gasteiger partial charge in [-0.1, -0.05) is 71.6 Å². The summed E-state index contributed by atoms with van der Waals surface area (Å²) in [5.74, 6) is 5.16. The summed E-state index contributed by atoms with van der Waals surface area (Å²) < 4.78 is 12.6. The molecule has 2 N–H and O–H groups in total. The number of hydrogen-bond donors (Lipinski definition) is 2. The number of ether oxygens (including phenoxy) is 2. The van der Waals surface area contributed by atoms with E-state index in [1.54, 1.807) is 5.57 Å². The van der Waals surface area contributed by atoms with Gasteiger partial charge in [0.25, 0.3) is 0 Å². The minimum Gasteiger partial charge on any atom is -0.396 e. The average Bonchev–Trinajstić information content (AvgIpc) is 3.26. The van der Waals surface area contributed by atoms with Gasteiger partial charge in [0.2, 0.25) is 0 Å². The molecule has 0 radical (unpaired) electrons. The summed E-state index contributed by atoms with van der Waals surface area (Å²) in [4.78, 5) is 0. The molecule has 1 aliphatic heterocycles. The molecule has 3 fully saturated rings. The van der Waals surface area contributed by atoms with Gasteiger partial charge in [0.1, 0.15) is 0 Å². The van der Waals surface area contributed by atoms with Crippen LogP contribution < -0.4 is 0 Å². The topological polar surface area (TPSA) is 58.9 Å². The molecule has 222 valence electrons. The second-order valence-electron chi connectivity index (χ2n) is 15.1. The van der Waals surface area contributed by atoms with E-state index in [0.29, 0.717) is 17.3 Å². The highest BCUT2D eigenvalue weighted by molar-refractivity contribution is 5.25. The molecule has 0 aromatic heterocycles. The van der Waals surface area contributed by atoms with Crippen LogP contribution in [0.2, 0.25) is 0 Å². The molecule has 0 saturated heterocycles. The average molecular weight is 543 g/mol. The molecule has 0 amide bonds. The summed E-state index contributed by atoms with van der Waals surface area (Å²) in [6.45, 7) is 12.7. The molecule has 5 unspecified atom stereocenters. The van der Waals surface area contributed by atoms with Crippen LogP contribution in [-0.4, -0.2) is 41.9 Å². The van der Waals surface area contributed by atoms with Crippen molar-refractivity contribution in [3.8, 4) is 0 Å². The lowest BCUT2D eigenvalue weighted by atomic mass is 9.47. The summed E-state index contributed by atoms with van der Waals surface area (Å²) in [6, 6.07) is 0. The second-order valence-corrected chi connectivity index (χ2v) is 15.1. The van der Waals surface area contributed by atoms with E-state index in [-0.39, 0.29) is 37.6 Å². The first kappa shape index (κ1) is 29.8. The van der Waals surface area contributed by atoms with Gasteiger partial charge in [0, 0.05) is 12.5 Å². The predicted molar refractivity (Wildman–Crippen MR) is 158 cm³/mol. The predicted octanol–water partition coefficient (Wildman–Crippen LogP) is 7.69. The molecule has 0 spiro atoms. The summed E-state index contributed by atoms with van der Waals surface area (Å²) >= 11 is 0. The van der Waals surface area contributed by atoms with Crippen LogP contribution in [0.4, 0.5) is 0 Å². The van der Waals surface area contributed by atoms with Gasteiger partial charge < -0.3 is 19.7 Å². The first-order valence-corrected chi connectivity index (χ1v) is 16.6. The smallest absolute Gasteiger partial charge is 0.177 e. The van der Waals surface area contributed by atoms with Gasteiger partial charge in [-0.25, -0.2) is 0 Å². The van der Waals surface area contributed by atoms with Gasteiger partial charge in [-0.05, 0) is 110 Å². The maximum atomic E-state index is 9.65. The first-order valence-electron chi connectivity index (χ1n) is 16.6.